The van der Waals surface area contributed by atoms with Gasteiger partial charge in [-0.05, 0) is 12.8 Å². The van der Waals surface area contributed by atoms with Crippen molar-refractivity contribution in [2.45, 2.75) is 39.5 Å². The van der Waals surface area contributed by atoms with Gasteiger partial charge in [0.2, 0.25) is 0 Å². The van der Waals surface area contributed by atoms with E-state index in [1.54, 1.807) is 0 Å². The Bertz CT molecular complexity index is 554. The Hall–Kier alpha value is -1.04. The summed E-state index contributed by atoms with van der Waals surface area (Å²) in [6.45, 7) is 4.11. The molecule has 0 aliphatic heterocycles. The zero-order chi connectivity index (χ0) is 16.0. The smallest absolute Gasteiger partial charge is 0.356 e. The summed E-state index contributed by atoms with van der Waals surface area (Å²) in [5, 5.41) is 13.1. The van der Waals surface area contributed by atoms with Gasteiger partial charge in [0.25, 0.3) is 0 Å². The average Bonchev–Trinajstić information content (AvgIpc) is 2.42. The van der Waals surface area contributed by atoms with Crippen molar-refractivity contribution in [3.63, 3.8) is 0 Å². The number of anilines is 1. The van der Waals surface area contributed by atoms with E-state index in [4.69, 9.17) is 39.9 Å². The number of carbonyl (C=O) groups is 1. The summed E-state index contributed by atoms with van der Waals surface area (Å²) < 4.78 is 0. The fourth-order valence-corrected chi connectivity index (χ4v) is 2.37. The van der Waals surface area contributed by atoms with E-state index >= 15 is 0 Å². The van der Waals surface area contributed by atoms with Crippen molar-refractivity contribution in [2.24, 2.45) is 5.10 Å². The SMILES string of the molecule is CCCC(CCC)=NNc1c(Cl)c(Cl)nc(C(=O)O)c1Cl. The fourth-order valence-electron chi connectivity index (χ4n) is 1.70. The van der Waals surface area contributed by atoms with Crippen molar-refractivity contribution < 1.29 is 9.90 Å². The molecular weight excluding hydrogens is 337 g/mol. The standard InChI is InChI=1S/C13H16Cl3N3O2/c1-3-5-7(6-4-2)18-19-10-8(14)11(13(20)21)17-12(16)9(10)15/h3-6H2,1-2H3,(H,17,19)(H,20,21). The predicted molar refractivity (Wildman–Crippen MR) is 87.1 cm³/mol. The monoisotopic (exact) mass is 351 g/mol. The molecule has 0 atom stereocenters. The Morgan fingerprint density at radius 2 is 1.76 bits per heavy atom. The van der Waals surface area contributed by atoms with Crippen LogP contribution in [0.25, 0.3) is 0 Å². The molecule has 5 nitrogen and oxygen atoms in total. The van der Waals surface area contributed by atoms with E-state index in [-0.39, 0.29) is 26.6 Å². The molecule has 1 heterocycles. The Labute approximate surface area is 138 Å². The second-order valence-corrected chi connectivity index (χ2v) is 5.46. The van der Waals surface area contributed by atoms with Crippen molar-refractivity contribution in [3.05, 3.63) is 20.9 Å². The molecule has 2 N–H and O–H groups in total. The number of carboxylic acids is 1. The zero-order valence-corrected chi connectivity index (χ0v) is 14.0. The lowest BCUT2D eigenvalue weighted by molar-refractivity contribution is 0.0691. The van der Waals surface area contributed by atoms with Crippen LogP contribution in [0.15, 0.2) is 5.10 Å². The Kier molecular flexibility index (Phi) is 7.22. The lowest BCUT2D eigenvalue weighted by atomic mass is 10.1. The highest BCUT2D eigenvalue weighted by atomic mass is 35.5. The van der Waals surface area contributed by atoms with Crippen molar-refractivity contribution in [3.8, 4) is 0 Å². The number of rotatable bonds is 7. The van der Waals surface area contributed by atoms with Gasteiger partial charge >= 0.3 is 5.97 Å². The molecule has 21 heavy (non-hydrogen) atoms. The van der Waals surface area contributed by atoms with E-state index < -0.39 is 5.97 Å². The van der Waals surface area contributed by atoms with E-state index in [2.05, 4.69) is 29.4 Å². The lowest BCUT2D eigenvalue weighted by Crippen LogP contribution is -2.07. The molecule has 0 saturated carbocycles. The fraction of sp³-hybridized carbons (Fsp3) is 0.462. The number of aromatic carboxylic acids is 1. The van der Waals surface area contributed by atoms with E-state index in [0.29, 0.717) is 0 Å². The molecule has 1 rings (SSSR count). The Morgan fingerprint density at radius 1 is 1.19 bits per heavy atom. The maximum Gasteiger partial charge on any atom is 0.356 e. The second kappa shape index (κ2) is 8.41. The van der Waals surface area contributed by atoms with E-state index in [0.717, 1.165) is 31.4 Å². The molecule has 8 heteroatoms. The number of nitrogens with one attached hydrogen (secondary N) is 1. The van der Waals surface area contributed by atoms with Crippen LogP contribution in [-0.4, -0.2) is 21.8 Å². The highest BCUT2D eigenvalue weighted by Crippen LogP contribution is 2.36. The van der Waals surface area contributed by atoms with Crippen LogP contribution >= 0.6 is 34.8 Å². The third-order valence-corrected chi connectivity index (χ3v) is 3.75. The molecule has 0 unspecified atom stereocenters. The molecular formula is C13H16Cl3N3O2. The zero-order valence-electron chi connectivity index (χ0n) is 11.7. The minimum absolute atomic E-state index is 0.0442. The van der Waals surface area contributed by atoms with Crippen molar-refractivity contribution in [1.82, 2.24) is 4.98 Å². The summed E-state index contributed by atoms with van der Waals surface area (Å²) >= 11 is 17.8. The molecule has 0 saturated heterocycles. The maximum atomic E-state index is 11.1. The van der Waals surface area contributed by atoms with Gasteiger partial charge in [-0.15, -0.1) is 0 Å². The van der Waals surface area contributed by atoms with Crippen LogP contribution < -0.4 is 5.43 Å². The third kappa shape index (κ3) is 4.73. The molecule has 1 aromatic heterocycles. The van der Waals surface area contributed by atoms with Crippen LogP contribution in [0.3, 0.4) is 0 Å². The quantitative estimate of drug-likeness (QED) is 0.406. The highest BCUT2D eigenvalue weighted by Gasteiger charge is 2.20. The van der Waals surface area contributed by atoms with Gasteiger partial charge in [0.05, 0.1) is 5.69 Å². The number of hydrazone groups is 1. The van der Waals surface area contributed by atoms with Gasteiger partial charge in [-0.3, -0.25) is 5.43 Å². The Balaban J connectivity index is 3.17. The molecule has 0 aromatic carbocycles. The van der Waals surface area contributed by atoms with Crippen LogP contribution in [0.2, 0.25) is 15.2 Å². The normalized spacial score (nSPS) is 10.3. The Morgan fingerprint density at radius 3 is 2.24 bits per heavy atom. The van der Waals surface area contributed by atoms with Crippen LogP contribution in [0.4, 0.5) is 5.69 Å². The van der Waals surface area contributed by atoms with Gasteiger partial charge in [-0.1, -0.05) is 61.5 Å². The first-order valence-corrected chi connectivity index (χ1v) is 7.64. The molecule has 116 valence electrons. The van der Waals surface area contributed by atoms with Crippen molar-refractivity contribution >= 4 is 52.2 Å². The van der Waals surface area contributed by atoms with E-state index in [9.17, 15) is 4.79 Å². The second-order valence-electron chi connectivity index (χ2n) is 4.35. The van der Waals surface area contributed by atoms with Crippen LogP contribution in [0, 0.1) is 0 Å². The molecule has 0 radical (unpaired) electrons. The number of aromatic nitrogens is 1. The van der Waals surface area contributed by atoms with Gasteiger partial charge in [-0.2, -0.15) is 5.10 Å². The summed E-state index contributed by atoms with van der Waals surface area (Å²) in [6.07, 6.45) is 3.58. The highest BCUT2D eigenvalue weighted by molar-refractivity contribution is 6.46. The van der Waals surface area contributed by atoms with Crippen molar-refractivity contribution in [2.75, 3.05) is 5.43 Å². The van der Waals surface area contributed by atoms with Gasteiger partial charge in [0, 0.05) is 5.71 Å². The largest absolute Gasteiger partial charge is 0.476 e. The molecule has 0 bridgehead atoms. The number of hydrogen-bond acceptors (Lipinski definition) is 4. The number of nitrogens with zero attached hydrogens (tertiary/aromatic N) is 2. The van der Waals surface area contributed by atoms with Crippen LogP contribution in [0.1, 0.15) is 50.0 Å². The molecule has 1 aromatic rings. The predicted octanol–water partition coefficient (Wildman–Crippen LogP) is 5.11. The number of halogens is 3. The minimum Gasteiger partial charge on any atom is -0.476 e. The first-order valence-electron chi connectivity index (χ1n) is 6.51. The number of pyridine rings is 1. The van der Waals surface area contributed by atoms with Gasteiger partial charge in [0.1, 0.15) is 10.0 Å². The van der Waals surface area contributed by atoms with Gasteiger partial charge < -0.3 is 5.11 Å². The van der Waals surface area contributed by atoms with Crippen molar-refractivity contribution in [1.29, 1.82) is 0 Å². The third-order valence-electron chi connectivity index (χ3n) is 2.64. The number of hydrogen-bond donors (Lipinski definition) is 2. The number of carboxylic acid groups (broad SMARTS) is 1. The summed E-state index contributed by atoms with van der Waals surface area (Å²) in [4.78, 5) is 14.7. The topological polar surface area (TPSA) is 74.6 Å². The molecule has 0 fully saturated rings. The van der Waals surface area contributed by atoms with E-state index in [1.165, 1.54) is 0 Å². The minimum atomic E-state index is -1.28. The maximum absolute atomic E-state index is 11.1. The summed E-state index contributed by atoms with van der Waals surface area (Å²) in [5.41, 5.74) is 3.47. The van der Waals surface area contributed by atoms with E-state index in [1.807, 2.05) is 0 Å². The summed E-state index contributed by atoms with van der Waals surface area (Å²) in [7, 11) is 0. The van der Waals surface area contributed by atoms with Crippen LogP contribution in [0.5, 0.6) is 0 Å². The summed E-state index contributed by atoms with van der Waals surface area (Å²) in [5.74, 6) is -1.28. The summed E-state index contributed by atoms with van der Waals surface area (Å²) in [6, 6.07) is 0. The van der Waals surface area contributed by atoms with Crippen LogP contribution in [-0.2, 0) is 0 Å². The molecule has 0 aliphatic rings. The molecule has 0 amide bonds. The lowest BCUT2D eigenvalue weighted by Gasteiger charge is -2.11. The first-order chi connectivity index (χ1) is 9.92. The van der Waals surface area contributed by atoms with Gasteiger partial charge in [0.15, 0.2) is 10.8 Å². The molecule has 0 aliphatic carbocycles. The molecule has 0 spiro atoms. The average molecular weight is 353 g/mol. The van der Waals surface area contributed by atoms with Gasteiger partial charge in [-0.25, -0.2) is 9.78 Å². The first kappa shape index (κ1) is 18.0.